The lowest BCUT2D eigenvalue weighted by atomic mass is 9.97. The maximum absolute atomic E-state index is 9.96. The van der Waals surface area contributed by atoms with Crippen LogP contribution < -0.4 is 11.5 Å². The van der Waals surface area contributed by atoms with Gasteiger partial charge in [0.05, 0.1) is 12.6 Å². The predicted molar refractivity (Wildman–Crippen MR) is 74.4 cm³/mol. The van der Waals surface area contributed by atoms with Crippen molar-refractivity contribution in [3.63, 3.8) is 0 Å². The van der Waals surface area contributed by atoms with E-state index in [-0.39, 0.29) is 6.42 Å². The van der Waals surface area contributed by atoms with Gasteiger partial charge in [-0.2, -0.15) is 0 Å². The molecule has 11 heteroatoms. The van der Waals surface area contributed by atoms with E-state index < -0.39 is 67.7 Å². The number of hydrogen-bond donors (Lipinski definition) is 9. The van der Waals surface area contributed by atoms with Gasteiger partial charge in [0.2, 0.25) is 0 Å². The summed E-state index contributed by atoms with van der Waals surface area (Å²) in [4.78, 5) is 0. The van der Waals surface area contributed by atoms with Crippen LogP contribution in [-0.2, 0) is 9.47 Å². The lowest BCUT2D eigenvalue weighted by Gasteiger charge is -2.41. The summed E-state index contributed by atoms with van der Waals surface area (Å²) in [5.41, 5.74) is 10.3. The average Bonchev–Trinajstić information content (AvgIpc) is 2.53. The van der Waals surface area contributed by atoms with Gasteiger partial charge in [0.25, 0.3) is 0 Å². The van der Waals surface area contributed by atoms with E-state index >= 15 is 0 Å². The Kier molecular flexibility index (Phi) is 7.60. The normalized spacial score (nSPS) is 35.5. The van der Waals surface area contributed by atoms with Gasteiger partial charge in [-0.15, -0.1) is 0 Å². The molecule has 0 saturated carbocycles. The van der Waals surface area contributed by atoms with E-state index in [2.05, 4.69) is 0 Å². The van der Waals surface area contributed by atoms with Crippen LogP contribution in [0.4, 0.5) is 0 Å². The Bertz CT molecular complexity index is 406. The summed E-state index contributed by atoms with van der Waals surface area (Å²) in [6.45, 7) is -1.08. The van der Waals surface area contributed by atoms with E-state index in [4.69, 9.17) is 26.0 Å². The summed E-state index contributed by atoms with van der Waals surface area (Å²) in [7, 11) is 0. The Morgan fingerprint density at radius 1 is 1.22 bits per heavy atom. The van der Waals surface area contributed by atoms with Crippen LogP contribution in [0.3, 0.4) is 0 Å². The van der Waals surface area contributed by atoms with Crippen LogP contribution in [0.2, 0.25) is 0 Å². The molecule has 1 saturated heterocycles. The van der Waals surface area contributed by atoms with Crippen molar-refractivity contribution in [2.75, 3.05) is 13.2 Å². The number of hydrogen-bond acceptors (Lipinski definition) is 11. The van der Waals surface area contributed by atoms with Crippen molar-refractivity contribution in [2.24, 2.45) is 11.5 Å². The molecule has 0 aromatic rings. The van der Waals surface area contributed by atoms with E-state index in [1.54, 1.807) is 0 Å². The van der Waals surface area contributed by atoms with Gasteiger partial charge in [-0.05, 0) is 0 Å². The van der Waals surface area contributed by atoms with Gasteiger partial charge in [-0.25, -0.2) is 0 Å². The highest BCUT2D eigenvalue weighted by atomic mass is 16.7. The zero-order valence-electron chi connectivity index (χ0n) is 12.3. The molecule has 0 aromatic heterocycles. The molecule has 7 unspecified atom stereocenters. The summed E-state index contributed by atoms with van der Waals surface area (Å²) >= 11 is 0. The van der Waals surface area contributed by atoms with Gasteiger partial charge in [-0.3, -0.25) is 0 Å². The van der Waals surface area contributed by atoms with Gasteiger partial charge in [0.15, 0.2) is 12.6 Å². The zero-order valence-corrected chi connectivity index (χ0v) is 12.3. The van der Waals surface area contributed by atoms with Crippen LogP contribution in [0.1, 0.15) is 6.42 Å². The van der Waals surface area contributed by atoms with Gasteiger partial charge >= 0.3 is 0 Å². The number of nitrogens with two attached hydrogens (primary N) is 2. The molecule has 0 aromatic carbocycles. The molecule has 0 spiro atoms. The maximum atomic E-state index is 9.96. The second-order valence-electron chi connectivity index (χ2n) is 5.14. The third kappa shape index (κ3) is 4.73. The van der Waals surface area contributed by atoms with Crippen LogP contribution in [0.15, 0.2) is 11.5 Å². The second-order valence-corrected chi connectivity index (χ2v) is 5.14. The minimum absolute atomic E-state index is 0.218. The van der Waals surface area contributed by atoms with Crippen LogP contribution in [0.5, 0.6) is 0 Å². The summed E-state index contributed by atoms with van der Waals surface area (Å²) in [6.07, 6.45) is -9.27. The van der Waals surface area contributed by atoms with Crippen molar-refractivity contribution < 1.29 is 45.2 Å². The first-order valence-electron chi connectivity index (χ1n) is 6.93. The molecular weight excluding hydrogens is 316 g/mol. The van der Waals surface area contributed by atoms with Crippen LogP contribution in [0, 0.1) is 0 Å². The molecule has 0 radical (unpaired) electrons. The first-order valence-corrected chi connectivity index (χ1v) is 6.93. The van der Waals surface area contributed by atoms with Crippen molar-refractivity contribution in [2.45, 2.75) is 49.5 Å². The molecule has 0 aliphatic carbocycles. The summed E-state index contributed by atoms with van der Waals surface area (Å²) in [6, 6.07) is -1.26. The fourth-order valence-corrected chi connectivity index (χ4v) is 2.07. The third-order valence-electron chi connectivity index (χ3n) is 3.49. The number of aliphatic hydroxyl groups is 7. The smallest absolute Gasteiger partial charge is 0.199 e. The van der Waals surface area contributed by atoms with Gasteiger partial charge in [0, 0.05) is 13.0 Å². The fraction of sp³-hybridized carbons (Fsp3) is 0.833. The van der Waals surface area contributed by atoms with Crippen LogP contribution in [0.25, 0.3) is 0 Å². The van der Waals surface area contributed by atoms with Crippen LogP contribution in [-0.4, -0.2) is 92.0 Å². The predicted octanol–water partition coefficient (Wildman–Crippen LogP) is -4.44. The number of ether oxygens (including phenoxy) is 2. The molecule has 11 N–H and O–H groups in total. The maximum Gasteiger partial charge on any atom is 0.199 e. The highest BCUT2D eigenvalue weighted by molar-refractivity contribution is 5.10. The second kappa shape index (κ2) is 8.73. The van der Waals surface area contributed by atoms with Crippen molar-refractivity contribution in [1.29, 1.82) is 0 Å². The lowest BCUT2D eigenvalue weighted by molar-refractivity contribution is -0.280. The summed E-state index contributed by atoms with van der Waals surface area (Å²) in [5.74, 6) is -0.803. The highest BCUT2D eigenvalue weighted by Gasteiger charge is 2.44. The van der Waals surface area contributed by atoms with E-state index in [0.717, 1.165) is 0 Å². The average molecular weight is 340 g/mol. The van der Waals surface area contributed by atoms with Crippen LogP contribution >= 0.6 is 0 Å². The monoisotopic (exact) mass is 340 g/mol. The van der Waals surface area contributed by atoms with Gasteiger partial charge < -0.3 is 56.7 Å². The minimum atomic E-state index is -1.96. The lowest BCUT2D eigenvalue weighted by Crippen LogP contribution is -2.63. The molecule has 1 rings (SSSR count). The Hall–Kier alpha value is -1.02. The van der Waals surface area contributed by atoms with Gasteiger partial charge in [-0.1, -0.05) is 0 Å². The molecule has 1 heterocycles. The zero-order chi connectivity index (χ0) is 17.7. The standard InChI is InChI=1S/C12H24N2O9/c13-6(8(18)4(17)1-2-15)12(21)23-10-5(3-16)22-11(20)7(14)9(10)19/h4-5,7,9-12,15-21H,1-3,13-14H2/b8-6+. The molecule has 136 valence electrons. The minimum Gasteiger partial charge on any atom is -0.508 e. The first-order chi connectivity index (χ1) is 10.7. The van der Waals surface area contributed by atoms with Gasteiger partial charge in [0.1, 0.15) is 35.9 Å². The quantitative estimate of drug-likeness (QED) is 0.159. The first kappa shape index (κ1) is 20.0. The molecule has 1 aliphatic heterocycles. The Morgan fingerprint density at radius 3 is 2.35 bits per heavy atom. The highest BCUT2D eigenvalue weighted by Crippen LogP contribution is 2.23. The van der Waals surface area contributed by atoms with E-state index in [9.17, 15) is 30.6 Å². The SMILES string of the molecule is N/C(=C(/O)C(O)CCO)C(O)OC1C(CO)OC(O)C(N)C1O. The Morgan fingerprint density at radius 2 is 1.83 bits per heavy atom. The molecule has 23 heavy (non-hydrogen) atoms. The van der Waals surface area contributed by atoms with E-state index in [1.165, 1.54) is 0 Å². The van der Waals surface area contributed by atoms with Crippen molar-refractivity contribution in [3.8, 4) is 0 Å². The van der Waals surface area contributed by atoms with Crippen molar-refractivity contribution in [1.82, 2.24) is 0 Å². The number of rotatable bonds is 7. The molecular formula is C12H24N2O9. The topological polar surface area (TPSA) is 212 Å². The Labute approximate surface area is 132 Å². The summed E-state index contributed by atoms with van der Waals surface area (Å²) in [5, 5.41) is 66.3. The van der Waals surface area contributed by atoms with E-state index in [0.29, 0.717) is 0 Å². The molecule has 11 nitrogen and oxygen atoms in total. The third-order valence-corrected chi connectivity index (χ3v) is 3.49. The Balaban J connectivity index is 2.84. The molecule has 0 amide bonds. The summed E-state index contributed by atoms with van der Waals surface area (Å²) < 4.78 is 9.99. The molecule has 1 aliphatic rings. The fourth-order valence-electron chi connectivity index (χ4n) is 2.07. The molecule has 1 fully saturated rings. The molecule has 7 atom stereocenters. The largest absolute Gasteiger partial charge is 0.508 e. The number of aliphatic hydroxyl groups excluding tert-OH is 7. The van der Waals surface area contributed by atoms with Crippen molar-refractivity contribution >= 4 is 0 Å². The van der Waals surface area contributed by atoms with Crippen molar-refractivity contribution in [3.05, 3.63) is 11.5 Å². The van der Waals surface area contributed by atoms with E-state index in [1.807, 2.05) is 0 Å². The molecule has 0 bridgehead atoms.